The molecule has 1 aromatic heterocycles. The molecule has 7 nitrogen and oxygen atoms in total. The van der Waals surface area contributed by atoms with E-state index in [1.54, 1.807) is 6.07 Å². The first-order valence-corrected chi connectivity index (χ1v) is 9.80. The standard InChI is InChI=1S/C19H21IN2O5/c1-3-4-5-8-19(25)16(15(18(24)27-19)17(23)22-26-2)14-10-11-9-12(20)6-7-13(11)21-14/h6-7,9-10,21,25H,3-5,8H2,1-2H3,(H,22,23). The summed E-state index contributed by atoms with van der Waals surface area (Å²) >= 11 is 2.21. The van der Waals surface area contributed by atoms with Crippen molar-refractivity contribution in [3.63, 3.8) is 0 Å². The van der Waals surface area contributed by atoms with Crippen molar-refractivity contribution in [2.75, 3.05) is 7.11 Å². The average molecular weight is 484 g/mol. The molecule has 0 radical (unpaired) electrons. The summed E-state index contributed by atoms with van der Waals surface area (Å²) < 4.78 is 6.32. The van der Waals surface area contributed by atoms with Gasteiger partial charge in [0.1, 0.15) is 5.57 Å². The number of rotatable bonds is 7. The molecule has 1 aromatic carbocycles. The number of unbranched alkanes of at least 4 members (excludes halogenated alkanes) is 2. The molecule has 3 rings (SSSR count). The topological polar surface area (TPSA) is 101 Å². The van der Waals surface area contributed by atoms with E-state index >= 15 is 0 Å². The lowest BCUT2D eigenvalue weighted by Gasteiger charge is -2.24. The Bertz CT molecular complexity index is 920. The van der Waals surface area contributed by atoms with E-state index in [1.165, 1.54) is 7.11 Å². The zero-order valence-electron chi connectivity index (χ0n) is 15.1. The summed E-state index contributed by atoms with van der Waals surface area (Å²) in [6.07, 6.45) is 2.68. The summed E-state index contributed by atoms with van der Waals surface area (Å²) in [6, 6.07) is 7.63. The zero-order chi connectivity index (χ0) is 19.6. The van der Waals surface area contributed by atoms with Crippen LogP contribution in [0, 0.1) is 3.57 Å². The van der Waals surface area contributed by atoms with Crippen molar-refractivity contribution in [3.05, 3.63) is 39.1 Å². The molecule has 1 unspecified atom stereocenters. The van der Waals surface area contributed by atoms with E-state index in [0.717, 1.165) is 27.3 Å². The Morgan fingerprint density at radius 2 is 2.15 bits per heavy atom. The van der Waals surface area contributed by atoms with Crippen LogP contribution in [-0.2, 0) is 19.2 Å². The predicted molar refractivity (Wildman–Crippen MR) is 108 cm³/mol. The van der Waals surface area contributed by atoms with Crippen molar-refractivity contribution >= 4 is 50.9 Å². The second-order valence-corrected chi connectivity index (χ2v) is 7.68. The highest BCUT2D eigenvalue weighted by atomic mass is 127. The highest BCUT2D eigenvalue weighted by molar-refractivity contribution is 14.1. The van der Waals surface area contributed by atoms with Gasteiger partial charge in [-0.2, -0.15) is 0 Å². The fourth-order valence-electron chi connectivity index (χ4n) is 3.28. The van der Waals surface area contributed by atoms with Crippen LogP contribution in [0.5, 0.6) is 0 Å². The largest absolute Gasteiger partial charge is 0.425 e. The van der Waals surface area contributed by atoms with E-state index < -0.39 is 17.7 Å². The van der Waals surface area contributed by atoms with E-state index in [9.17, 15) is 14.7 Å². The number of amides is 1. The van der Waals surface area contributed by atoms with Crippen LogP contribution in [0.3, 0.4) is 0 Å². The van der Waals surface area contributed by atoms with Crippen molar-refractivity contribution in [2.45, 2.75) is 38.4 Å². The van der Waals surface area contributed by atoms with Crippen LogP contribution in [0.2, 0.25) is 0 Å². The number of cyclic esters (lactones) is 1. The Kier molecular flexibility index (Phi) is 5.87. The molecule has 2 aromatic rings. The quantitative estimate of drug-likeness (QED) is 0.185. The molecule has 8 heteroatoms. The molecule has 0 saturated carbocycles. The van der Waals surface area contributed by atoms with E-state index in [-0.39, 0.29) is 17.6 Å². The fraction of sp³-hybridized carbons (Fsp3) is 0.368. The van der Waals surface area contributed by atoms with Crippen molar-refractivity contribution < 1.29 is 24.3 Å². The molecular weight excluding hydrogens is 463 g/mol. The van der Waals surface area contributed by atoms with Gasteiger partial charge in [0.2, 0.25) is 5.79 Å². The first-order valence-electron chi connectivity index (χ1n) is 8.72. The molecule has 1 aliphatic rings. The Morgan fingerprint density at radius 3 is 2.85 bits per heavy atom. The molecule has 2 heterocycles. The van der Waals surface area contributed by atoms with Gasteiger partial charge < -0.3 is 14.8 Å². The Hall–Kier alpha value is -1.91. The number of esters is 1. The molecule has 1 atom stereocenters. The number of hydroxylamine groups is 1. The van der Waals surface area contributed by atoms with Gasteiger partial charge >= 0.3 is 5.97 Å². The number of nitrogens with one attached hydrogen (secondary N) is 2. The minimum atomic E-state index is -1.86. The molecule has 0 spiro atoms. The molecule has 27 heavy (non-hydrogen) atoms. The zero-order valence-corrected chi connectivity index (χ0v) is 17.3. The summed E-state index contributed by atoms with van der Waals surface area (Å²) in [4.78, 5) is 32.7. The summed E-state index contributed by atoms with van der Waals surface area (Å²) in [6.45, 7) is 2.04. The molecule has 0 fully saturated rings. The van der Waals surface area contributed by atoms with Gasteiger partial charge in [0.15, 0.2) is 0 Å². The maximum absolute atomic E-state index is 12.4. The van der Waals surface area contributed by atoms with Gasteiger partial charge in [0, 0.05) is 20.9 Å². The van der Waals surface area contributed by atoms with Crippen molar-refractivity contribution in [1.82, 2.24) is 10.5 Å². The number of fused-ring (bicyclic) bond motifs is 1. The van der Waals surface area contributed by atoms with Gasteiger partial charge in [-0.3, -0.25) is 9.63 Å². The Morgan fingerprint density at radius 1 is 1.37 bits per heavy atom. The van der Waals surface area contributed by atoms with Crippen molar-refractivity contribution in [3.8, 4) is 0 Å². The summed E-state index contributed by atoms with van der Waals surface area (Å²) in [5.74, 6) is -3.48. The normalized spacial score (nSPS) is 19.6. The lowest BCUT2D eigenvalue weighted by atomic mass is 9.94. The average Bonchev–Trinajstić information content (AvgIpc) is 3.12. The maximum Gasteiger partial charge on any atom is 0.347 e. The highest BCUT2D eigenvalue weighted by Crippen LogP contribution is 2.42. The minimum Gasteiger partial charge on any atom is -0.425 e. The SMILES string of the molecule is CCCCCC1(O)OC(=O)C(C(=O)NOC)=C1c1cc2cc(I)ccc2[nH]1. The van der Waals surface area contributed by atoms with E-state index in [4.69, 9.17) is 4.74 Å². The Balaban J connectivity index is 2.13. The van der Waals surface area contributed by atoms with Crippen molar-refractivity contribution in [2.24, 2.45) is 0 Å². The number of ether oxygens (including phenoxy) is 1. The third-order valence-electron chi connectivity index (χ3n) is 4.50. The van der Waals surface area contributed by atoms with Gasteiger partial charge in [-0.25, -0.2) is 10.3 Å². The third kappa shape index (κ3) is 3.87. The number of H-pyrrole nitrogens is 1. The minimum absolute atomic E-state index is 0.143. The Labute approximate surface area is 170 Å². The monoisotopic (exact) mass is 484 g/mol. The number of aliphatic hydroxyl groups is 1. The molecule has 0 aliphatic carbocycles. The number of carbonyl (C=O) groups excluding carboxylic acids is 2. The fourth-order valence-corrected chi connectivity index (χ4v) is 3.79. The van der Waals surface area contributed by atoms with Crippen LogP contribution in [-0.4, -0.2) is 34.9 Å². The van der Waals surface area contributed by atoms with E-state index in [0.29, 0.717) is 12.1 Å². The van der Waals surface area contributed by atoms with Gasteiger partial charge in [-0.1, -0.05) is 19.8 Å². The summed E-state index contributed by atoms with van der Waals surface area (Å²) in [5.41, 5.74) is 3.34. The molecule has 1 aliphatic heterocycles. The van der Waals surface area contributed by atoms with Gasteiger partial charge in [0.25, 0.3) is 5.91 Å². The van der Waals surface area contributed by atoms with Crippen molar-refractivity contribution in [1.29, 1.82) is 0 Å². The van der Waals surface area contributed by atoms with Crippen LogP contribution in [0.15, 0.2) is 29.8 Å². The van der Waals surface area contributed by atoms with Gasteiger partial charge in [-0.15, -0.1) is 0 Å². The van der Waals surface area contributed by atoms with Crippen LogP contribution in [0.25, 0.3) is 16.5 Å². The number of halogens is 1. The van der Waals surface area contributed by atoms with E-state index in [1.807, 2.05) is 25.1 Å². The number of aromatic amines is 1. The second kappa shape index (κ2) is 7.99. The van der Waals surface area contributed by atoms with Crippen LogP contribution in [0.1, 0.15) is 38.3 Å². The van der Waals surface area contributed by atoms with Gasteiger partial charge in [0.05, 0.1) is 18.4 Å². The lowest BCUT2D eigenvalue weighted by molar-refractivity contribution is -0.178. The first-order chi connectivity index (χ1) is 12.9. The second-order valence-electron chi connectivity index (χ2n) is 6.43. The molecule has 0 saturated heterocycles. The molecule has 3 N–H and O–H groups in total. The first kappa shape index (κ1) is 19.8. The van der Waals surface area contributed by atoms with Crippen LogP contribution >= 0.6 is 22.6 Å². The summed E-state index contributed by atoms with van der Waals surface area (Å²) in [7, 11) is 1.27. The highest BCUT2D eigenvalue weighted by Gasteiger charge is 2.49. The van der Waals surface area contributed by atoms with E-state index in [2.05, 4.69) is 37.9 Å². The molecule has 0 bridgehead atoms. The number of aromatic nitrogens is 1. The van der Waals surface area contributed by atoms with Crippen LogP contribution < -0.4 is 5.48 Å². The molecule has 144 valence electrons. The predicted octanol–water partition coefficient (Wildman–Crippen LogP) is 3.03. The lowest BCUT2D eigenvalue weighted by Crippen LogP contribution is -2.31. The van der Waals surface area contributed by atoms with Gasteiger partial charge in [-0.05, 0) is 53.3 Å². The number of hydrogen-bond acceptors (Lipinski definition) is 5. The summed E-state index contributed by atoms with van der Waals surface area (Å²) in [5, 5.41) is 12.0. The third-order valence-corrected chi connectivity index (χ3v) is 5.17. The number of carbonyl (C=O) groups is 2. The van der Waals surface area contributed by atoms with Crippen LogP contribution in [0.4, 0.5) is 0 Å². The number of benzene rings is 1. The smallest absolute Gasteiger partial charge is 0.347 e. The number of hydrogen-bond donors (Lipinski definition) is 3. The molecule has 1 amide bonds. The maximum atomic E-state index is 12.4. The molecular formula is C19H21IN2O5.